The van der Waals surface area contributed by atoms with Crippen molar-refractivity contribution in [1.82, 2.24) is 4.90 Å². The number of nitrogens with two attached hydrogens (primary N) is 1. The van der Waals surface area contributed by atoms with Gasteiger partial charge in [-0.15, -0.1) is 0 Å². The molecule has 0 bridgehead atoms. The van der Waals surface area contributed by atoms with E-state index in [9.17, 15) is 18.0 Å². The van der Waals surface area contributed by atoms with Crippen molar-refractivity contribution in [3.63, 3.8) is 0 Å². The van der Waals surface area contributed by atoms with Gasteiger partial charge in [-0.25, -0.2) is 22.7 Å². The SMILES string of the molecule is COC1CC(C(=O)Nc2ccc(-c3ccccc3S(N)(=O)=O)c(F)c2)N(C(=O)Nc2ccc(Cl)cc2)C1. The van der Waals surface area contributed by atoms with Crippen LogP contribution in [-0.4, -0.2) is 51.1 Å². The average molecular weight is 547 g/mol. The van der Waals surface area contributed by atoms with E-state index < -0.39 is 33.8 Å². The maximum atomic E-state index is 15.0. The van der Waals surface area contributed by atoms with Gasteiger partial charge in [-0.2, -0.15) is 0 Å². The molecule has 9 nitrogen and oxygen atoms in total. The number of carbonyl (C=O) groups excluding carboxylic acids is 2. The van der Waals surface area contributed by atoms with E-state index >= 15 is 4.39 Å². The lowest BCUT2D eigenvalue weighted by molar-refractivity contribution is -0.119. The van der Waals surface area contributed by atoms with Gasteiger partial charge in [-0.05, 0) is 48.5 Å². The second-order valence-electron chi connectivity index (χ2n) is 8.42. The molecule has 3 amide bonds. The van der Waals surface area contributed by atoms with Gasteiger partial charge in [0.2, 0.25) is 15.9 Å². The Hall–Kier alpha value is -3.51. The summed E-state index contributed by atoms with van der Waals surface area (Å²) in [4.78, 5) is 27.2. The van der Waals surface area contributed by atoms with E-state index in [1.54, 1.807) is 30.3 Å². The predicted molar refractivity (Wildman–Crippen MR) is 138 cm³/mol. The fourth-order valence-corrected chi connectivity index (χ4v) is 5.02. The second-order valence-corrected chi connectivity index (χ2v) is 10.4. The van der Waals surface area contributed by atoms with Crippen LogP contribution in [0.4, 0.5) is 20.6 Å². The molecule has 2 unspecified atom stereocenters. The summed E-state index contributed by atoms with van der Waals surface area (Å²) in [5.74, 6) is -1.28. The molecule has 3 aromatic rings. The molecule has 1 aliphatic rings. The quantitative estimate of drug-likeness (QED) is 0.429. The van der Waals surface area contributed by atoms with E-state index in [2.05, 4.69) is 10.6 Å². The third-order valence-corrected chi connectivity index (χ3v) is 7.20. The van der Waals surface area contributed by atoms with Crippen molar-refractivity contribution in [2.75, 3.05) is 24.3 Å². The number of nitrogens with zero attached hydrogens (tertiary/aromatic N) is 1. The number of urea groups is 1. The van der Waals surface area contributed by atoms with E-state index in [4.69, 9.17) is 21.5 Å². The van der Waals surface area contributed by atoms with Crippen LogP contribution in [0.15, 0.2) is 71.6 Å². The van der Waals surface area contributed by atoms with Crippen LogP contribution >= 0.6 is 11.6 Å². The van der Waals surface area contributed by atoms with Gasteiger partial charge in [0.05, 0.1) is 11.0 Å². The number of hydrogen-bond donors (Lipinski definition) is 3. The lowest BCUT2D eigenvalue weighted by Gasteiger charge is -2.24. The van der Waals surface area contributed by atoms with Crippen molar-refractivity contribution in [3.8, 4) is 11.1 Å². The number of ether oxygens (including phenoxy) is 1. The van der Waals surface area contributed by atoms with Crippen molar-refractivity contribution >= 4 is 44.9 Å². The highest BCUT2D eigenvalue weighted by Gasteiger charge is 2.40. The van der Waals surface area contributed by atoms with Crippen molar-refractivity contribution < 1.29 is 27.1 Å². The third-order valence-electron chi connectivity index (χ3n) is 5.98. The molecule has 1 fully saturated rings. The number of halogens is 2. The van der Waals surface area contributed by atoms with Crippen LogP contribution in [0.3, 0.4) is 0 Å². The Balaban J connectivity index is 1.52. The molecule has 0 saturated carbocycles. The van der Waals surface area contributed by atoms with Crippen molar-refractivity contribution in [2.45, 2.75) is 23.5 Å². The molecule has 0 spiro atoms. The fourth-order valence-electron chi connectivity index (χ4n) is 4.14. The highest BCUT2D eigenvalue weighted by molar-refractivity contribution is 7.89. The first kappa shape index (κ1) is 26.6. The summed E-state index contributed by atoms with van der Waals surface area (Å²) in [5, 5.41) is 11.1. The number of amides is 3. The van der Waals surface area contributed by atoms with E-state index in [0.29, 0.717) is 10.7 Å². The molecular weight excluding hydrogens is 523 g/mol. The number of hydrogen-bond acceptors (Lipinski definition) is 5. The van der Waals surface area contributed by atoms with Gasteiger partial charge in [-0.1, -0.05) is 29.8 Å². The molecule has 0 aromatic heterocycles. The number of carbonyl (C=O) groups is 2. The number of sulfonamides is 1. The van der Waals surface area contributed by atoms with Crippen molar-refractivity contribution in [3.05, 3.63) is 77.6 Å². The van der Waals surface area contributed by atoms with E-state index in [0.717, 1.165) is 6.07 Å². The summed E-state index contributed by atoms with van der Waals surface area (Å²) in [5.41, 5.74) is 0.751. The number of benzene rings is 3. The van der Waals surface area contributed by atoms with Crippen LogP contribution in [-0.2, 0) is 19.6 Å². The number of methoxy groups -OCH3 is 1. The highest BCUT2D eigenvalue weighted by Crippen LogP contribution is 2.31. The highest BCUT2D eigenvalue weighted by atomic mass is 35.5. The summed E-state index contributed by atoms with van der Waals surface area (Å²) in [6.07, 6.45) is -0.112. The molecule has 4 N–H and O–H groups in total. The summed E-state index contributed by atoms with van der Waals surface area (Å²) in [7, 11) is -2.59. The number of primary sulfonamides is 1. The van der Waals surface area contributed by atoms with Gasteiger partial charge in [0.15, 0.2) is 0 Å². The van der Waals surface area contributed by atoms with Gasteiger partial charge < -0.3 is 20.3 Å². The van der Waals surface area contributed by atoms with Gasteiger partial charge in [0.25, 0.3) is 0 Å². The van der Waals surface area contributed by atoms with Crippen LogP contribution in [0.2, 0.25) is 5.02 Å². The molecule has 0 aliphatic carbocycles. The Bertz CT molecular complexity index is 1440. The third kappa shape index (κ3) is 6.08. The van der Waals surface area contributed by atoms with Gasteiger partial charge in [0, 0.05) is 47.6 Å². The smallest absolute Gasteiger partial charge is 0.322 e. The zero-order valence-corrected chi connectivity index (χ0v) is 21.2. The standard InChI is InChI=1S/C25H24ClFN4O5S/c1-36-18-13-22(31(14-18)25(33)30-16-8-6-15(26)7-9-16)24(32)29-17-10-11-19(21(27)12-17)20-4-2-3-5-23(20)37(28,34)35/h2-12,18,22H,13-14H2,1H3,(H,29,32)(H,30,33)(H2,28,34,35). The second kappa shape index (κ2) is 10.9. The maximum absolute atomic E-state index is 15.0. The Morgan fingerprint density at radius 1 is 1.03 bits per heavy atom. The molecule has 37 heavy (non-hydrogen) atoms. The normalized spacial score (nSPS) is 17.5. The largest absolute Gasteiger partial charge is 0.380 e. The number of likely N-dealkylation sites (tertiary alicyclic amines) is 1. The minimum absolute atomic E-state index is 0.00639. The molecule has 2 atom stereocenters. The van der Waals surface area contributed by atoms with E-state index in [-0.39, 0.29) is 40.8 Å². The zero-order valence-electron chi connectivity index (χ0n) is 19.6. The maximum Gasteiger partial charge on any atom is 0.322 e. The van der Waals surface area contributed by atoms with Gasteiger partial charge in [-0.3, -0.25) is 4.79 Å². The van der Waals surface area contributed by atoms with E-state index in [1.807, 2.05) is 0 Å². The van der Waals surface area contributed by atoms with Crippen LogP contribution in [0.25, 0.3) is 11.1 Å². The number of anilines is 2. The number of rotatable bonds is 6. The Morgan fingerprint density at radius 2 is 1.70 bits per heavy atom. The molecule has 4 rings (SSSR count). The number of nitrogens with one attached hydrogen (secondary N) is 2. The van der Waals surface area contributed by atoms with Crippen LogP contribution in [0.1, 0.15) is 6.42 Å². The Morgan fingerprint density at radius 3 is 2.35 bits per heavy atom. The molecule has 0 radical (unpaired) electrons. The minimum Gasteiger partial charge on any atom is -0.380 e. The molecule has 1 heterocycles. The zero-order chi connectivity index (χ0) is 26.7. The molecule has 12 heteroatoms. The summed E-state index contributed by atoms with van der Waals surface area (Å²) in [6, 6.07) is 14.8. The topological polar surface area (TPSA) is 131 Å². The van der Waals surface area contributed by atoms with Gasteiger partial charge >= 0.3 is 6.03 Å². The fraction of sp³-hybridized carbons (Fsp3) is 0.200. The van der Waals surface area contributed by atoms with Crippen LogP contribution in [0.5, 0.6) is 0 Å². The minimum atomic E-state index is -4.08. The Labute approximate surface area is 218 Å². The summed E-state index contributed by atoms with van der Waals surface area (Å²) in [6.45, 7) is 0.186. The molecule has 3 aromatic carbocycles. The lowest BCUT2D eigenvalue weighted by Crippen LogP contribution is -2.45. The molecule has 194 valence electrons. The van der Waals surface area contributed by atoms with Crippen molar-refractivity contribution in [1.29, 1.82) is 0 Å². The summed E-state index contributed by atoms with van der Waals surface area (Å²) >= 11 is 5.89. The summed E-state index contributed by atoms with van der Waals surface area (Å²) < 4.78 is 44.2. The van der Waals surface area contributed by atoms with Crippen molar-refractivity contribution in [2.24, 2.45) is 5.14 Å². The first-order chi connectivity index (χ1) is 17.6. The van der Waals surface area contributed by atoms with E-state index in [1.165, 1.54) is 42.3 Å². The monoisotopic (exact) mass is 546 g/mol. The van der Waals surface area contributed by atoms with Crippen LogP contribution < -0.4 is 15.8 Å². The first-order valence-corrected chi connectivity index (χ1v) is 13.1. The average Bonchev–Trinajstić information content (AvgIpc) is 3.30. The molecular formula is C25H24ClFN4O5S. The molecule has 1 saturated heterocycles. The molecule has 1 aliphatic heterocycles. The Kier molecular flexibility index (Phi) is 7.79. The lowest BCUT2D eigenvalue weighted by atomic mass is 10.0. The van der Waals surface area contributed by atoms with Gasteiger partial charge in [0.1, 0.15) is 11.9 Å². The van der Waals surface area contributed by atoms with Crippen LogP contribution in [0, 0.1) is 5.82 Å². The predicted octanol–water partition coefficient (Wildman–Crippen LogP) is 4.05. The first-order valence-electron chi connectivity index (χ1n) is 11.2.